The number of halogens is 4. The average molecular weight is 279 g/mol. The van der Waals surface area contributed by atoms with Gasteiger partial charge in [-0.05, 0) is 18.2 Å². The van der Waals surface area contributed by atoms with E-state index in [-0.39, 0.29) is 5.75 Å². The van der Waals surface area contributed by atoms with Crippen LogP contribution < -0.4 is 4.74 Å². The number of carboxylic acid groups (broad SMARTS) is 1. The SMILES string of the molecule is O=C(O)C1C=Cc2cc(Cl)c(C(F)(F)F)cc2O1. The van der Waals surface area contributed by atoms with Gasteiger partial charge in [-0.25, -0.2) is 4.79 Å². The van der Waals surface area contributed by atoms with Crippen molar-refractivity contribution in [1.29, 1.82) is 0 Å². The monoisotopic (exact) mass is 278 g/mol. The molecule has 0 fully saturated rings. The Balaban J connectivity index is 2.47. The summed E-state index contributed by atoms with van der Waals surface area (Å²) < 4.78 is 42.7. The maximum atomic E-state index is 12.6. The van der Waals surface area contributed by atoms with E-state index >= 15 is 0 Å². The lowest BCUT2D eigenvalue weighted by Crippen LogP contribution is -2.26. The molecule has 1 unspecified atom stereocenters. The molecule has 0 bridgehead atoms. The van der Waals surface area contributed by atoms with Gasteiger partial charge in [-0.3, -0.25) is 0 Å². The quantitative estimate of drug-likeness (QED) is 0.858. The second-order valence-electron chi connectivity index (χ2n) is 3.60. The molecule has 1 aromatic rings. The maximum absolute atomic E-state index is 12.6. The summed E-state index contributed by atoms with van der Waals surface area (Å²) in [4.78, 5) is 10.7. The van der Waals surface area contributed by atoms with E-state index in [0.29, 0.717) is 11.6 Å². The van der Waals surface area contributed by atoms with Crippen molar-refractivity contribution in [3.8, 4) is 5.75 Å². The van der Waals surface area contributed by atoms with E-state index in [1.165, 1.54) is 12.2 Å². The van der Waals surface area contributed by atoms with Gasteiger partial charge < -0.3 is 9.84 Å². The van der Waals surface area contributed by atoms with Crippen molar-refractivity contribution in [2.75, 3.05) is 0 Å². The summed E-state index contributed by atoms with van der Waals surface area (Å²) in [5, 5.41) is 8.27. The molecule has 0 aliphatic carbocycles. The number of alkyl halides is 3. The van der Waals surface area contributed by atoms with Crippen molar-refractivity contribution in [1.82, 2.24) is 0 Å². The van der Waals surface area contributed by atoms with Gasteiger partial charge in [0, 0.05) is 5.56 Å². The molecule has 1 N–H and O–H groups in total. The minimum Gasteiger partial charge on any atom is -0.478 e. The number of ether oxygens (including phenoxy) is 1. The highest BCUT2D eigenvalue weighted by Gasteiger charge is 2.35. The van der Waals surface area contributed by atoms with Gasteiger partial charge in [-0.15, -0.1) is 0 Å². The molecule has 0 aromatic heterocycles. The normalized spacial score (nSPS) is 18.1. The molecular formula is C11H6ClF3O3. The third kappa shape index (κ3) is 2.28. The maximum Gasteiger partial charge on any atom is 0.417 e. The molecule has 1 heterocycles. The first-order valence-corrected chi connectivity index (χ1v) is 5.15. The van der Waals surface area contributed by atoms with Crippen molar-refractivity contribution in [2.45, 2.75) is 12.3 Å². The van der Waals surface area contributed by atoms with Crippen LogP contribution >= 0.6 is 11.6 Å². The van der Waals surface area contributed by atoms with Crippen molar-refractivity contribution in [3.05, 3.63) is 34.4 Å². The summed E-state index contributed by atoms with van der Waals surface area (Å²) in [6.45, 7) is 0. The van der Waals surface area contributed by atoms with Gasteiger partial charge in [0.2, 0.25) is 6.10 Å². The molecule has 2 rings (SSSR count). The number of carboxylic acids is 1. The lowest BCUT2D eigenvalue weighted by molar-refractivity contribution is -0.142. The molecule has 18 heavy (non-hydrogen) atoms. The Morgan fingerprint density at radius 3 is 2.61 bits per heavy atom. The van der Waals surface area contributed by atoms with Gasteiger partial charge in [0.05, 0.1) is 10.6 Å². The molecule has 1 aromatic carbocycles. The minimum absolute atomic E-state index is 0.151. The van der Waals surface area contributed by atoms with Crippen LogP contribution in [0.3, 0.4) is 0 Å². The van der Waals surface area contributed by atoms with Crippen molar-refractivity contribution in [3.63, 3.8) is 0 Å². The molecule has 7 heteroatoms. The summed E-state index contributed by atoms with van der Waals surface area (Å²) in [5.74, 6) is -1.43. The van der Waals surface area contributed by atoms with Crippen LogP contribution in [-0.4, -0.2) is 17.2 Å². The van der Waals surface area contributed by atoms with Gasteiger partial charge in [0.15, 0.2) is 0 Å². The fourth-order valence-corrected chi connectivity index (χ4v) is 1.80. The van der Waals surface area contributed by atoms with E-state index in [1.807, 2.05) is 0 Å². The molecule has 0 saturated heterocycles. The van der Waals surface area contributed by atoms with Crippen LogP contribution in [0.4, 0.5) is 13.2 Å². The first-order chi connectivity index (χ1) is 8.29. The molecule has 0 amide bonds. The molecule has 3 nitrogen and oxygen atoms in total. The number of carbonyl (C=O) groups is 1. The molecule has 1 aliphatic rings. The largest absolute Gasteiger partial charge is 0.478 e. The minimum atomic E-state index is -4.62. The summed E-state index contributed by atoms with van der Waals surface area (Å²) in [5.41, 5.74) is -0.743. The van der Waals surface area contributed by atoms with Crippen LogP contribution in [0.5, 0.6) is 5.75 Å². The van der Waals surface area contributed by atoms with Gasteiger partial charge in [-0.1, -0.05) is 17.7 Å². The number of fused-ring (bicyclic) bond motifs is 1. The zero-order valence-corrected chi connectivity index (χ0v) is 9.42. The Kier molecular flexibility index (Phi) is 2.98. The Morgan fingerprint density at radius 2 is 2.06 bits per heavy atom. The summed E-state index contributed by atoms with van der Waals surface area (Å²) >= 11 is 5.52. The molecule has 1 atom stereocenters. The van der Waals surface area contributed by atoms with Crippen LogP contribution in [0, 0.1) is 0 Å². The standard InChI is InChI=1S/C11H6ClF3O3/c12-7-3-5-1-2-8(10(16)17)18-9(5)4-6(7)11(13,14)15/h1-4,8H,(H,16,17). The smallest absolute Gasteiger partial charge is 0.417 e. The number of benzene rings is 1. The predicted molar refractivity (Wildman–Crippen MR) is 57.5 cm³/mol. The fourth-order valence-electron chi connectivity index (χ4n) is 1.52. The lowest BCUT2D eigenvalue weighted by Gasteiger charge is -2.20. The van der Waals surface area contributed by atoms with Crippen molar-refractivity contribution >= 4 is 23.6 Å². The second kappa shape index (κ2) is 4.20. The Hall–Kier alpha value is -1.69. The molecular weight excluding hydrogens is 273 g/mol. The van der Waals surface area contributed by atoms with Crippen LogP contribution in [0.25, 0.3) is 6.08 Å². The van der Waals surface area contributed by atoms with E-state index in [1.54, 1.807) is 0 Å². The summed E-state index contributed by atoms with van der Waals surface area (Å²) in [6, 6.07) is 1.80. The predicted octanol–water partition coefficient (Wildman–Crippen LogP) is 3.22. The Bertz CT molecular complexity index is 537. The Labute approximate surface area is 104 Å². The number of aliphatic carboxylic acids is 1. The molecule has 0 saturated carbocycles. The van der Waals surface area contributed by atoms with Gasteiger partial charge in [0.25, 0.3) is 0 Å². The van der Waals surface area contributed by atoms with Gasteiger partial charge in [-0.2, -0.15) is 13.2 Å². The van der Waals surface area contributed by atoms with E-state index < -0.39 is 28.8 Å². The molecule has 0 spiro atoms. The molecule has 0 radical (unpaired) electrons. The fraction of sp³-hybridized carbons (Fsp3) is 0.182. The van der Waals surface area contributed by atoms with E-state index in [9.17, 15) is 18.0 Å². The van der Waals surface area contributed by atoms with Crippen LogP contribution in [0.15, 0.2) is 18.2 Å². The van der Waals surface area contributed by atoms with Gasteiger partial charge in [0.1, 0.15) is 5.75 Å². The van der Waals surface area contributed by atoms with Crippen LogP contribution in [0.2, 0.25) is 5.02 Å². The number of hydrogen-bond donors (Lipinski definition) is 1. The number of rotatable bonds is 1. The van der Waals surface area contributed by atoms with E-state index in [2.05, 4.69) is 0 Å². The highest BCUT2D eigenvalue weighted by molar-refractivity contribution is 6.31. The van der Waals surface area contributed by atoms with Crippen LogP contribution in [0.1, 0.15) is 11.1 Å². The van der Waals surface area contributed by atoms with E-state index in [4.69, 9.17) is 21.4 Å². The van der Waals surface area contributed by atoms with Crippen molar-refractivity contribution < 1.29 is 27.8 Å². The molecule has 1 aliphatic heterocycles. The summed E-state index contributed by atoms with van der Waals surface area (Å²) in [7, 11) is 0. The topological polar surface area (TPSA) is 46.5 Å². The summed E-state index contributed by atoms with van der Waals surface area (Å²) in [6.07, 6.45) is -3.31. The zero-order valence-electron chi connectivity index (χ0n) is 8.66. The van der Waals surface area contributed by atoms with Crippen molar-refractivity contribution in [2.24, 2.45) is 0 Å². The number of hydrogen-bond acceptors (Lipinski definition) is 2. The highest BCUT2D eigenvalue weighted by atomic mass is 35.5. The second-order valence-corrected chi connectivity index (χ2v) is 4.01. The highest BCUT2D eigenvalue weighted by Crippen LogP contribution is 2.40. The first kappa shape index (κ1) is 12.8. The zero-order chi connectivity index (χ0) is 13.5. The van der Waals surface area contributed by atoms with E-state index in [0.717, 1.165) is 6.07 Å². The Morgan fingerprint density at radius 1 is 1.39 bits per heavy atom. The first-order valence-electron chi connectivity index (χ1n) is 4.77. The average Bonchev–Trinajstić information content (AvgIpc) is 2.25. The van der Waals surface area contributed by atoms with Crippen LogP contribution in [-0.2, 0) is 11.0 Å². The lowest BCUT2D eigenvalue weighted by atomic mass is 10.1. The van der Waals surface area contributed by atoms with Gasteiger partial charge >= 0.3 is 12.1 Å². The third-order valence-corrected chi connectivity index (χ3v) is 2.67. The molecule has 96 valence electrons. The third-order valence-electron chi connectivity index (χ3n) is 2.35.